The number of nitrogens with zero attached hydrogens (tertiary/aromatic N) is 4. The first-order chi connectivity index (χ1) is 9.69. The van der Waals surface area contributed by atoms with Crippen molar-refractivity contribution in [1.82, 2.24) is 19.7 Å². The average Bonchev–Trinajstić information content (AvgIpc) is 2.90. The summed E-state index contributed by atoms with van der Waals surface area (Å²) in [6, 6.07) is 0.641. The SMILES string of the molecule is CC(C)N1CCC(c2nnc3n2CC(CO)CC3)CC1. The Morgan fingerprint density at radius 2 is 1.95 bits per heavy atom. The predicted molar refractivity (Wildman–Crippen MR) is 77.6 cm³/mol. The van der Waals surface area contributed by atoms with Gasteiger partial charge in [0, 0.05) is 37.5 Å². The van der Waals surface area contributed by atoms with Crippen molar-refractivity contribution in [2.24, 2.45) is 5.92 Å². The summed E-state index contributed by atoms with van der Waals surface area (Å²) in [7, 11) is 0. The molecule has 1 aromatic rings. The molecular formula is C15H26N4O. The first-order valence-electron chi connectivity index (χ1n) is 7.96. The van der Waals surface area contributed by atoms with Crippen molar-refractivity contribution in [1.29, 1.82) is 0 Å². The molecule has 1 atom stereocenters. The number of piperidine rings is 1. The van der Waals surface area contributed by atoms with Gasteiger partial charge in [0.2, 0.25) is 0 Å². The minimum absolute atomic E-state index is 0.281. The summed E-state index contributed by atoms with van der Waals surface area (Å²) < 4.78 is 2.29. The van der Waals surface area contributed by atoms with Crippen LogP contribution in [-0.4, -0.2) is 50.5 Å². The molecule has 1 fully saturated rings. The molecule has 0 spiro atoms. The molecule has 0 saturated carbocycles. The van der Waals surface area contributed by atoms with Gasteiger partial charge in [0.25, 0.3) is 0 Å². The Kier molecular flexibility index (Phi) is 4.08. The molecule has 3 heterocycles. The van der Waals surface area contributed by atoms with E-state index in [2.05, 4.69) is 33.5 Å². The molecule has 0 bridgehead atoms. The first-order valence-corrected chi connectivity index (χ1v) is 7.96. The van der Waals surface area contributed by atoms with E-state index in [9.17, 15) is 5.11 Å². The van der Waals surface area contributed by atoms with Crippen LogP contribution in [0.4, 0.5) is 0 Å². The number of hydrogen-bond donors (Lipinski definition) is 1. The first kappa shape index (κ1) is 14.0. The number of fused-ring (bicyclic) bond motifs is 1. The maximum atomic E-state index is 9.39. The number of aryl methyl sites for hydroxylation is 1. The van der Waals surface area contributed by atoms with E-state index in [4.69, 9.17) is 0 Å². The number of likely N-dealkylation sites (tertiary alicyclic amines) is 1. The lowest BCUT2D eigenvalue weighted by Gasteiger charge is -2.34. The number of aromatic nitrogens is 3. The second-order valence-electron chi connectivity index (χ2n) is 6.58. The third-order valence-corrected chi connectivity index (χ3v) is 4.96. The van der Waals surface area contributed by atoms with Crippen molar-refractivity contribution < 1.29 is 5.11 Å². The van der Waals surface area contributed by atoms with Crippen LogP contribution in [-0.2, 0) is 13.0 Å². The Hall–Kier alpha value is -0.940. The van der Waals surface area contributed by atoms with Gasteiger partial charge in [0.1, 0.15) is 11.6 Å². The molecule has 20 heavy (non-hydrogen) atoms. The average molecular weight is 278 g/mol. The standard InChI is InChI=1S/C15H26N4O/c1-11(2)18-7-5-13(6-8-18)15-17-16-14-4-3-12(10-20)9-19(14)15/h11-13,20H,3-10H2,1-2H3. The van der Waals surface area contributed by atoms with Gasteiger partial charge in [-0.15, -0.1) is 10.2 Å². The van der Waals surface area contributed by atoms with Crippen molar-refractivity contribution in [3.05, 3.63) is 11.6 Å². The van der Waals surface area contributed by atoms with Crippen molar-refractivity contribution in [2.75, 3.05) is 19.7 Å². The van der Waals surface area contributed by atoms with Crippen molar-refractivity contribution in [2.45, 2.75) is 58.0 Å². The Morgan fingerprint density at radius 1 is 1.20 bits per heavy atom. The molecule has 0 aliphatic carbocycles. The van der Waals surface area contributed by atoms with Crippen LogP contribution in [0.2, 0.25) is 0 Å². The van der Waals surface area contributed by atoms with E-state index in [-0.39, 0.29) is 6.61 Å². The molecule has 112 valence electrons. The van der Waals surface area contributed by atoms with Gasteiger partial charge >= 0.3 is 0 Å². The summed E-state index contributed by atoms with van der Waals surface area (Å²) in [5, 5.41) is 18.2. The molecule has 5 heteroatoms. The van der Waals surface area contributed by atoms with Crippen molar-refractivity contribution in [3.8, 4) is 0 Å². The number of aliphatic hydroxyl groups is 1. The van der Waals surface area contributed by atoms with E-state index in [1.807, 2.05) is 0 Å². The maximum absolute atomic E-state index is 9.39. The fourth-order valence-electron chi connectivity index (χ4n) is 3.54. The highest BCUT2D eigenvalue weighted by molar-refractivity contribution is 5.06. The van der Waals surface area contributed by atoms with E-state index >= 15 is 0 Å². The van der Waals surface area contributed by atoms with Gasteiger partial charge in [-0.1, -0.05) is 0 Å². The van der Waals surface area contributed by atoms with Crippen LogP contribution < -0.4 is 0 Å². The third kappa shape index (κ3) is 2.61. The fourth-order valence-corrected chi connectivity index (χ4v) is 3.54. The minimum Gasteiger partial charge on any atom is -0.396 e. The van der Waals surface area contributed by atoms with Crippen LogP contribution in [0.5, 0.6) is 0 Å². The predicted octanol–water partition coefficient (Wildman–Crippen LogP) is 1.42. The van der Waals surface area contributed by atoms with Crippen LogP contribution in [0.15, 0.2) is 0 Å². The summed E-state index contributed by atoms with van der Waals surface area (Å²) >= 11 is 0. The Labute approximate surface area is 121 Å². The molecule has 1 saturated heterocycles. The molecule has 0 aromatic carbocycles. The molecule has 1 aromatic heterocycles. The molecule has 2 aliphatic heterocycles. The monoisotopic (exact) mass is 278 g/mol. The third-order valence-electron chi connectivity index (χ3n) is 4.96. The summed E-state index contributed by atoms with van der Waals surface area (Å²) in [5.41, 5.74) is 0. The zero-order valence-corrected chi connectivity index (χ0v) is 12.6. The quantitative estimate of drug-likeness (QED) is 0.908. The zero-order valence-electron chi connectivity index (χ0n) is 12.6. The van der Waals surface area contributed by atoms with Gasteiger partial charge < -0.3 is 14.6 Å². The van der Waals surface area contributed by atoms with Gasteiger partial charge in [-0.25, -0.2) is 0 Å². The topological polar surface area (TPSA) is 54.2 Å². The molecule has 5 nitrogen and oxygen atoms in total. The molecule has 1 N–H and O–H groups in total. The van der Waals surface area contributed by atoms with E-state index in [1.165, 1.54) is 18.7 Å². The second kappa shape index (κ2) is 5.82. The zero-order chi connectivity index (χ0) is 14.1. The summed E-state index contributed by atoms with van der Waals surface area (Å²) in [5.74, 6) is 3.22. The van der Waals surface area contributed by atoms with Crippen LogP contribution in [0.25, 0.3) is 0 Å². The summed E-state index contributed by atoms with van der Waals surface area (Å²) in [6.07, 6.45) is 4.36. The van der Waals surface area contributed by atoms with Gasteiger partial charge in [0.05, 0.1) is 0 Å². The van der Waals surface area contributed by atoms with E-state index in [0.29, 0.717) is 17.9 Å². The Bertz CT molecular complexity index is 449. The normalized spacial score (nSPS) is 25.1. The summed E-state index contributed by atoms with van der Waals surface area (Å²) in [6.45, 7) is 8.04. The number of aliphatic hydroxyl groups excluding tert-OH is 1. The lowest BCUT2D eigenvalue weighted by atomic mass is 9.94. The largest absolute Gasteiger partial charge is 0.396 e. The van der Waals surface area contributed by atoms with Crippen molar-refractivity contribution in [3.63, 3.8) is 0 Å². The number of rotatable bonds is 3. The lowest BCUT2D eigenvalue weighted by molar-refractivity contribution is 0.163. The fraction of sp³-hybridized carbons (Fsp3) is 0.867. The smallest absolute Gasteiger partial charge is 0.136 e. The summed E-state index contributed by atoms with van der Waals surface area (Å²) in [4.78, 5) is 2.54. The maximum Gasteiger partial charge on any atom is 0.136 e. The highest BCUT2D eigenvalue weighted by Gasteiger charge is 2.29. The molecule has 0 amide bonds. The van der Waals surface area contributed by atoms with E-state index in [0.717, 1.165) is 38.3 Å². The molecule has 2 aliphatic rings. The van der Waals surface area contributed by atoms with Gasteiger partial charge in [0.15, 0.2) is 0 Å². The van der Waals surface area contributed by atoms with Crippen molar-refractivity contribution >= 4 is 0 Å². The van der Waals surface area contributed by atoms with Gasteiger partial charge in [-0.05, 0) is 46.2 Å². The van der Waals surface area contributed by atoms with Gasteiger partial charge in [-0.2, -0.15) is 0 Å². The van der Waals surface area contributed by atoms with Crippen LogP contribution in [0.1, 0.15) is 50.7 Å². The highest BCUT2D eigenvalue weighted by Crippen LogP contribution is 2.30. The van der Waals surface area contributed by atoms with Crippen LogP contribution in [0, 0.1) is 5.92 Å². The highest BCUT2D eigenvalue weighted by atomic mass is 16.3. The van der Waals surface area contributed by atoms with E-state index in [1.54, 1.807) is 0 Å². The van der Waals surface area contributed by atoms with E-state index < -0.39 is 0 Å². The van der Waals surface area contributed by atoms with Crippen LogP contribution in [0.3, 0.4) is 0 Å². The lowest BCUT2D eigenvalue weighted by Crippen LogP contribution is -2.38. The van der Waals surface area contributed by atoms with Crippen LogP contribution >= 0.6 is 0 Å². The second-order valence-corrected chi connectivity index (χ2v) is 6.58. The number of hydrogen-bond acceptors (Lipinski definition) is 4. The molecule has 3 rings (SSSR count). The Balaban J connectivity index is 1.71. The van der Waals surface area contributed by atoms with Gasteiger partial charge in [-0.3, -0.25) is 0 Å². The molecule has 1 unspecified atom stereocenters. The Morgan fingerprint density at radius 3 is 2.60 bits per heavy atom. The molecule has 0 radical (unpaired) electrons. The minimum atomic E-state index is 0.281. The molecular weight excluding hydrogens is 252 g/mol.